The number of oxazole rings is 1. The molecule has 10 aromatic heterocycles. The number of rotatable bonds is 26. The van der Waals surface area contributed by atoms with Crippen molar-refractivity contribution in [3.63, 3.8) is 0 Å². The van der Waals surface area contributed by atoms with Gasteiger partial charge < -0.3 is 59.2 Å². The highest BCUT2D eigenvalue weighted by molar-refractivity contribution is 7.13. The molecule has 0 unspecified atom stereocenters. The summed E-state index contributed by atoms with van der Waals surface area (Å²) in [6.07, 6.45) is 17.9. The van der Waals surface area contributed by atoms with Gasteiger partial charge in [0, 0.05) is 158 Å². The van der Waals surface area contributed by atoms with E-state index in [0.717, 1.165) is 47.1 Å². The standard InChI is InChI=1S/C24H22ClN5O3.C23H24ClN3O4.C23H22ClN3O3.C22H17ClN4O3S/c1-15-13-28-22(29-16(2)31)12-18(15)21-11-19(23(33-21)17-5-3-4-6-20(17)25)24(32)27-8-10-30-9-7-26-14-30;1-14-13-26-16(11-15(2)29)12-18(14)23-27-20(22(30)25-9-5-6-10-28)21(31-23)17-7-3-4-8-19(17)24;1-13-12-25-21(26-14(2)28)11-17(13)20-10-18(23(29)27-15-6-5-7-15)22(30-20)16-8-3-4-9-19(16)24;1-12-11-25-19(26-13(2)28)10-15(12)18-9-16(21(29)27-22-24-7-8-31-22)20(30-18)14-5-3-4-6-17(14)23/h3-7,9,11-14H,8,10H2,1-2H3,(H,27,32)(H,28,29,31);3-4,7-8,12-13,28H,5-6,9-11H2,1-2H3,(H,25,30);3-4,8-12,15H,5-7H2,1-2H3,(H,27,29)(H,25,26,28);3-11H,1-2H3,(H,24,27,29)(H,25,26,28). The van der Waals surface area contributed by atoms with Crippen LogP contribution in [-0.4, -0.2) is 117 Å². The maximum Gasteiger partial charge on any atom is 0.273 e. The number of nitrogens with zero attached hydrogens (tertiary/aromatic N) is 8. The van der Waals surface area contributed by atoms with Gasteiger partial charge in [-0.05, 0) is 180 Å². The fourth-order valence-corrected chi connectivity index (χ4v) is 14.3. The Morgan fingerprint density at radius 2 is 0.912 bits per heavy atom. The zero-order valence-corrected chi connectivity index (χ0v) is 72.8. The molecule has 14 aromatic rings. The summed E-state index contributed by atoms with van der Waals surface area (Å²) in [6, 6.07) is 40.8. The predicted molar refractivity (Wildman–Crippen MR) is 482 cm³/mol. The molecule has 1 fully saturated rings. The number of unbranched alkanes of at least 4 members (excludes halogenated alkanes) is 1. The largest absolute Gasteiger partial charge is 0.455 e. The molecule has 0 atom stereocenters. The minimum absolute atomic E-state index is 0.00518. The second-order valence-corrected chi connectivity index (χ2v) is 31.4. The smallest absolute Gasteiger partial charge is 0.273 e. The van der Waals surface area contributed by atoms with Crippen LogP contribution in [0, 0.1) is 27.7 Å². The van der Waals surface area contributed by atoms with Crippen molar-refractivity contribution >= 4 is 127 Å². The number of carbonyl (C=O) groups excluding carboxylic acids is 8. The highest BCUT2D eigenvalue weighted by Gasteiger charge is 2.30. The molecule has 0 bridgehead atoms. The number of aliphatic hydroxyl groups is 1. The lowest BCUT2D eigenvalue weighted by Gasteiger charge is -2.26. The summed E-state index contributed by atoms with van der Waals surface area (Å²) < 4.78 is 26.4. The van der Waals surface area contributed by atoms with Gasteiger partial charge >= 0.3 is 0 Å². The number of pyridine rings is 4. The topological polar surface area (TPSA) is 389 Å². The molecule has 0 aliphatic heterocycles. The Kier molecular flexibility index (Phi) is 30.8. The molecule has 1 saturated carbocycles. The first-order valence-corrected chi connectivity index (χ1v) is 41.8. The minimum atomic E-state index is -0.390. The van der Waals surface area contributed by atoms with Crippen molar-refractivity contribution in [3.8, 4) is 90.7 Å². The number of amides is 7. The molecule has 33 heteroatoms. The van der Waals surface area contributed by atoms with Crippen LogP contribution >= 0.6 is 57.7 Å². The van der Waals surface area contributed by atoms with Crippen LogP contribution in [0.25, 0.3) is 90.7 Å². The first-order chi connectivity index (χ1) is 60.2. The van der Waals surface area contributed by atoms with Gasteiger partial charge in [0.2, 0.25) is 23.6 Å². The summed E-state index contributed by atoms with van der Waals surface area (Å²) in [7, 11) is 0. The fraction of sp³-hybridized carbons (Fsp3) is 0.207. The molecular weight excluding hydrogens is 1700 g/mol. The molecule has 125 heavy (non-hydrogen) atoms. The Morgan fingerprint density at radius 1 is 0.472 bits per heavy atom. The molecule has 4 aromatic carbocycles. The molecule has 15 rings (SSSR count). The Morgan fingerprint density at radius 3 is 1.33 bits per heavy atom. The molecule has 0 spiro atoms. The summed E-state index contributed by atoms with van der Waals surface area (Å²) in [5, 5.41) is 32.6. The fourth-order valence-electron chi connectivity index (χ4n) is 12.9. The molecule has 10 heterocycles. The highest BCUT2D eigenvalue weighted by atomic mass is 35.5. The Hall–Kier alpha value is -13.6. The number of furan rings is 3. The van der Waals surface area contributed by atoms with Gasteiger partial charge in [0.15, 0.2) is 16.6 Å². The lowest BCUT2D eigenvalue weighted by Crippen LogP contribution is -2.39. The number of nitrogens with one attached hydrogen (secondary N) is 7. The van der Waals surface area contributed by atoms with Gasteiger partial charge in [0.25, 0.3) is 23.6 Å². The second kappa shape index (κ2) is 42.5. The number of halogens is 4. The summed E-state index contributed by atoms with van der Waals surface area (Å²) in [6.45, 7) is 14.7. The van der Waals surface area contributed by atoms with Crippen molar-refractivity contribution < 1.29 is 61.1 Å². The van der Waals surface area contributed by atoms with E-state index in [1.807, 2.05) is 74.9 Å². The van der Waals surface area contributed by atoms with Crippen LogP contribution in [0.15, 0.2) is 212 Å². The van der Waals surface area contributed by atoms with Gasteiger partial charge in [-0.15, -0.1) is 11.3 Å². The lowest BCUT2D eigenvalue weighted by atomic mass is 9.93. The van der Waals surface area contributed by atoms with Gasteiger partial charge in [-0.1, -0.05) is 94.9 Å². The Balaban J connectivity index is 0.000000152. The van der Waals surface area contributed by atoms with Crippen LogP contribution in [0.2, 0.25) is 20.1 Å². The van der Waals surface area contributed by atoms with Gasteiger partial charge in [0.05, 0.1) is 43.1 Å². The van der Waals surface area contributed by atoms with E-state index in [0.29, 0.717) is 171 Å². The van der Waals surface area contributed by atoms with Crippen LogP contribution in [0.3, 0.4) is 0 Å². The average Bonchev–Trinajstić information content (AvgIpc) is 1.66. The molecule has 640 valence electrons. The van der Waals surface area contributed by atoms with Crippen molar-refractivity contribution in [2.45, 2.75) is 107 Å². The van der Waals surface area contributed by atoms with Crippen LogP contribution in [-0.2, 0) is 32.1 Å². The van der Waals surface area contributed by atoms with Gasteiger partial charge in [-0.2, -0.15) is 0 Å². The van der Waals surface area contributed by atoms with Crippen molar-refractivity contribution in [3.05, 3.63) is 265 Å². The van der Waals surface area contributed by atoms with Crippen molar-refractivity contribution in [1.29, 1.82) is 0 Å². The maximum absolute atomic E-state index is 13.1. The van der Waals surface area contributed by atoms with Gasteiger partial charge in [-0.3, -0.25) is 48.7 Å². The summed E-state index contributed by atoms with van der Waals surface area (Å²) in [4.78, 5) is 127. The molecule has 28 nitrogen and oxygen atoms in total. The maximum atomic E-state index is 13.1. The van der Waals surface area contributed by atoms with Crippen LogP contribution in [0.5, 0.6) is 0 Å². The third-order valence-electron chi connectivity index (χ3n) is 19.3. The molecular formula is C92H85Cl4N15O13S. The van der Waals surface area contributed by atoms with E-state index in [2.05, 4.69) is 72.1 Å². The third-order valence-corrected chi connectivity index (χ3v) is 21.3. The molecule has 0 saturated heterocycles. The number of anilines is 4. The predicted octanol–water partition coefficient (Wildman–Crippen LogP) is 19.4. The molecule has 8 N–H and O–H groups in total. The van der Waals surface area contributed by atoms with Crippen LogP contribution < -0.4 is 37.2 Å². The molecule has 1 aliphatic carbocycles. The Bertz CT molecular complexity index is 6280. The lowest BCUT2D eigenvalue weighted by molar-refractivity contribution is -0.116. The van der Waals surface area contributed by atoms with Gasteiger partial charge in [0.1, 0.15) is 57.8 Å². The number of ketones is 1. The van der Waals surface area contributed by atoms with E-state index in [-0.39, 0.29) is 77.6 Å². The number of hydrogen-bond acceptors (Lipinski definition) is 21. The zero-order chi connectivity index (χ0) is 89.0. The van der Waals surface area contributed by atoms with E-state index in [1.54, 1.807) is 152 Å². The number of aliphatic hydroxyl groups excluding tert-OH is 1. The van der Waals surface area contributed by atoms with Crippen molar-refractivity contribution in [2.75, 3.05) is 41.0 Å². The second-order valence-electron chi connectivity index (χ2n) is 28.9. The molecule has 0 radical (unpaired) electrons. The highest BCUT2D eigenvalue weighted by Crippen LogP contribution is 2.43. The van der Waals surface area contributed by atoms with E-state index in [9.17, 15) is 38.4 Å². The van der Waals surface area contributed by atoms with E-state index >= 15 is 0 Å². The summed E-state index contributed by atoms with van der Waals surface area (Å²) in [5.41, 5.74) is 10.3. The molecule has 1 aliphatic rings. The number of aromatic nitrogens is 8. The number of benzene rings is 4. The van der Waals surface area contributed by atoms with Gasteiger partial charge in [-0.25, -0.2) is 29.9 Å². The van der Waals surface area contributed by atoms with Crippen molar-refractivity contribution in [2.24, 2.45) is 0 Å². The first-order valence-electron chi connectivity index (χ1n) is 39.4. The summed E-state index contributed by atoms with van der Waals surface area (Å²) in [5.74, 6) is 2.37. The third kappa shape index (κ3) is 23.6. The quantitative estimate of drug-likeness (QED) is 0.0233. The zero-order valence-electron chi connectivity index (χ0n) is 69.0. The average molecular weight is 1780 g/mol. The normalized spacial score (nSPS) is 11.4. The number of thiazole rings is 1. The minimum Gasteiger partial charge on any atom is -0.455 e. The van der Waals surface area contributed by atoms with E-state index in [1.165, 1.54) is 39.0 Å². The number of carbonyl (C=O) groups is 8. The number of aryl methyl sites for hydroxylation is 4. The van der Waals surface area contributed by atoms with Crippen LogP contribution in [0.4, 0.5) is 22.6 Å². The summed E-state index contributed by atoms with van der Waals surface area (Å²) >= 11 is 26.9. The number of hydrogen-bond donors (Lipinski definition) is 8. The first kappa shape index (κ1) is 90.7. The van der Waals surface area contributed by atoms with E-state index < -0.39 is 5.91 Å². The van der Waals surface area contributed by atoms with E-state index in [4.69, 9.17) is 69.2 Å². The SMILES string of the molecule is CC(=O)Cc1cc(-c2nc(C(=O)NCCCCO)c(-c3ccccc3Cl)o2)c(C)cn1.CC(=O)Nc1cc(-c2cc(C(=O)NC3CCC3)c(-c3ccccc3Cl)o2)c(C)cn1.CC(=O)Nc1cc(-c2cc(C(=O)NCCn3ccnc3)c(-c3ccccc3Cl)o2)c(C)cn1.CC(=O)Nc1cc(-c2cc(C(=O)Nc3nccs3)c(-c3ccccc3Cl)o2)c(C)cn1. The number of Topliss-reactive ketones (excluding diaryl/α,β-unsaturated/α-hetero) is 1. The molecule has 7 amide bonds. The van der Waals surface area contributed by atoms with Crippen molar-refractivity contribution in [1.82, 2.24) is 55.4 Å². The number of imidazole rings is 1. The Labute approximate surface area is 742 Å². The van der Waals surface area contributed by atoms with Crippen LogP contribution in [0.1, 0.15) is 129 Å². The monoisotopic (exact) mass is 1780 g/mol.